The first-order valence-corrected chi connectivity index (χ1v) is 13.6. The maximum Gasteiger partial charge on any atom is 0.416 e. The third kappa shape index (κ3) is 7.23. The Bertz CT molecular complexity index is 1560. The van der Waals surface area contributed by atoms with Crippen molar-refractivity contribution in [2.24, 2.45) is 0 Å². The van der Waals surface area contributed by atoms with E-state index in [1.54, 1.807) is 24.3 Å². The predicted molar refractivity (Wildman–Crippen MR) is 151 cm³/mol. The molecule has 14 heteroatoms. The summed E-state index contributed by atoms with van der Waals surface area (Å²) in [5, 5.41) is 1.53. The van der Waals surface area contributed by atoms with Gasteiger partial charge >= 0.3 is 6.18 Å². The van der Waals surface area contributed by atoms with Crippen molar-refractivity contribution < 1.29 is 46.2 Å². The van der Waals surface area contributed by atoms with Gasteiger partial charge in [-0.05, 0) is 71.4 Å². The van der Waals surface area contributed by atoms with E-state index in [1.165, 1.54) is 32.4 Å². The second-order valence-electron chi connectivity index (χ2n) is 8.67. The van der Waals surface area contributed by atoms with Gasteiger partial charge in [-0.3, -0.25) is 19.3 Å². The van der Waals surface area contributed by atoms with Gasteiger partial charge in [0.1, 0.15) is 24.7 Å². The second kappa shape index (κ2) is 12.9. The van der Waals surface area contributed by atoms with Crippen molar-refractivity contribution in [3.63, 3.8) is 0 Å². The fourth-order valence-electron chi connectivity index (χ4n) is 3.77. The van der Waals surface area contributed by atoms with Crippen molar-refractivity contribution in [1.29, 1.82) is 0 Å². The molecule has 0 aromatic heterocycles. The summed E-state index contributed by atoms with van der Waals surface area (Å²) in [4.78, 5) is 38.9. The summed E-state index contributed by atoms with van der Waals surface area (Å²) in [5.41, 5.74) is -0.0920. The molecule has 4 rings (SSSR count). The summed E-state index contributed by atoms with van der Waals surface area (Å²) in [7, 11) is 2.64. The lowest BCUT2D eigenvalue weighted by molar-refractivity contribution is -0.137. The van der Waals surface area contributed by atoms with Gasteiger partial charge in [-0.25, -0.2) is 4.39 Å². The van der Waals surface area contributed by atoms with Gasteiger partial charge < -0.3 is 19.5 Å². The normalized spacial score (nSPS) is 14.4. The Balaban J connectivity index is 1.48. The number of methoxy groups -OCH3 is 2. The monoisotopic (exact) mass is 668 g/mol. The van der Waals surface area contributed by atoms with Gasteiger partial charge in [0.15, 0.2) is 11.5 Å². The molecular weight excluding hydrogens is 648 g/mol. The van der Waals surface area contributed by atoms with E-state index in [0.29, 0.717) is 44.3 Å². The lowest BCUT2D eigenvalue weighted by Gasteiger charge is -2.16. The molecule has 1 N–H and O–H groups in total. The molecule has 0 bridgehead atoms. The minimum absolute atomic E-state index is 0.00665. The number of nitrogens with zero attached hydrogens (tertiary/aromatic N) is 1. The number of anilines is 1. The largest absolute Gasteiger partial charge is 0.495 e. The molecule has 3 aromatic rings. The Labute approximate surface area is 249 Å². The minimum atomic E-state index is -4.66. The Morgan fingerprint density at radius 2 is 1.69 bits per heavy atom. The van der Waals surface area contributed by atoms with Crippen molar-refractivity contribution >= 4 is 56.5 Å². The van der Waals surface area contributed by atoms with Crippen LogP contribution in [-0.4, -0.2) is 42.7 Å². The maximum absolute atomic E-state index is 13.2. The standard InChI is InChI=1S/C28H21BrF4N2O6S/c1-39-21-8-5-17(28(31,32)33)11-20(21)34-25(36)13-35-26(37)24(42-27(35)38)10-16-9-22(40-2)23(12-19(16)29)41-14-15-3-6-18(30)7-4-15/h3-12H,13-14H2,1-2H3,(H,34,36)/b24-10-. The van der Waals surface area contributed by atoms with E-state index in [9.17, 15) is 31.9 Å². The van der Waals surface area contributed by atoms with E-state index < -0.39 is 35.3 Å². The number of imide groups is 1. The van der Waals surface area contributed by atoms with Gasteiger partial charge in [0.05, 0.1) is 30.4 Å². The highest BCUT2D eigenvalue weighted by Gasteiger charge is 2.37. The maximum atomic E-state index is 13.2. The molecule has 1 heterocycles. The van der Waals surface area contributed by atoms with Crippen LogP contribution < -0.4 is 19.5 Å². The number of carbonyl (C=O) groups excluding carboxylic acids is 3. The highest BCUT2D eigenvalue weighted by molar-refractivity contribution is 9.10. The van der Waals surface area contributed by atoms with Crippen LogP contribution in [0.2, 0.25) is 0 Å². The Hall–Kier alpha value is -4.04. The molecule has 1 aliphatic heterocycles. The number of amides is 3. The van der Waals surface area contributed by atoms with Crippen LogP contribution >= 0.6 is 27.7 Å². The van der Waals surface area contributed by atoms with E-state index in [0.717, 1.165) is 17.7 Å². The molecule has 1 fully saturated rings. The quantitative estimate of drug-likeness (QED) is 0.196. The van der Waals surface area contributed by atoms with E-state index in [-0.39, 0.29) is 28.8 Å². The molecule has 42 heavy (non-hydrogen) atoms. The van der Waals surface area contributed by atoms with Gasteiger partial charge in [-0.15, -0.1) is 0 Å². The van der Waals surface area contributed by atoms with Crippen LogP contribution in [0.25, 0.3) is 6.08 Å². The lowest BCUT2D eigenvalue weighted by atomic mass is 10.1. The minimum Gasteiger partial charge on any atom is -0.495 e. The fraction of sp³-hybridized carbons (Fsp3) is 0.179. The third-order valence-electron chi connectivity index (χ3n) is 5.85. The number of hydrogen-bond acceptors (Lipinski definition) is 7. The van der Waals surface area contributed by atoms with E-state index in [1.807, 2.05) is 0 Å². The van der Waals surface area contributed by atoms with E-state index in [2.05, 4.69) is 21.2 Å². The zero-order valence-corrected chi connectivity index (χ0v) is 24.3. The fourth-order valence-corrected chi connectivity index (χ4v) is 5.03. The smallest absolute Gasteiger partial charge is 0.416 e. The number of alkyl halides is 3. The van der Waals surface area contributed by atoms with Gasteiger partial charge in [-0.1, -0.05) is 28.1 Å². The summed E-state index contributed by atoms with van der Waals surface area (Å²) in [6, 6.07) is 11.5. The van der Waals surface area contributed by atoms with Gasteiger partial charge in [0.2, 0.25) is 5.91 Å². The Morgan fingerprint density at radius 1 is 1.00 bits per heavy atom. The highest BCUT2D eigenvalue weighted by Crippen LogP contribution is 2.39. The predicted octanol–water partition coefficient (Wildman–Crippen LogP) is 6.88. The summed E-state index contributed by atoms with van der Waals surface area (Å²) < 4.78 is 69.2. The molecular formula is C28H21BrF4N2O6S. The molecule has 220 valence electrons. The van der Waals surface area contributed by atoms with Crippen molar-refractivity contribution in [3.05, 3.63) is 86.5 Å². The third-order valence-corrected chi connectivity index (χ3v) is 7.45. The summed E-state index contributed by atoms with van der Waals surface area (Å²) in [5.74, 6) is -1.39. The topological polar surface area (TPSA) is 94.2 Å². The van der Waals surface area contributed by atoms with Crippen molar-refractivity contribution in [2.75, 3.05) is 26.1 Å². The summed E-state index contributed by atoms with van der Waals surface area (Å²) in [6.07, 6.45) is -3.23. The number of benzene rings is 3. The van der Waals surface area contributed by atoms with Crippen LogP contribution in [0.15, 0.2) is 64.0 Å². The molecule has 0 spiro atoms. The first-order chi connectivity index (χ1) is 19.9. The second-order valence-corrected chi connectivity index (χ2v) is 10.5. The van der Waals surface area contributed by atoms with Crippen molar-refractivity contribution in [3.8, 4) is 17.2 Å². The average molecular weight is 669 g/mol. The van der Waals surface area contributed by atoms with Crippen molar-refractivity contribution in [1.82, 2.24) is 4.90 Å². The Morgan fingerprint density at radius 3 is 2.33 bits per heavy atom. The van der Waals surface area contributed by atoms with E-state index >= 15 is 0 Å². The molecule has 8 nitrogen and oxygen atoms in total. The van der Waals surface area contributed by atoms with Gasteiger partial charge in [0.25, 0.3) is 11.1 Å². The van der Waals surface area contributed by atoms with Crippen LogP contribution in [0, 0.1) is 5.82 Å². The molecule has 0 radical (unpaired) electrons. The summed E-state index contributed by atoms with van der Waals surface area (Å²) in [6.45, 7) is -0.599. The molecule has 1 saturated heterocycles. The van der Waals surface area contributed by atoms with Crippen LogP contribution in [-0.2, 0) is 22.4 Å². The molecule has 0 saturated carbocycles. The molecule has 1 aliphatic rings. The number of nitrogens with one attached hydrogen (secondary N) is 1. The Kier molecular flexibility index (Phi) is 9.46. The molecule has 3 aromatic carbocycles. The first kappa shape index (κ1) is 30.9. The molecule has 3 amide bonds. The van der Waals surface area contributed by atoms with Gasteiger partial charge in [-0.2, -0.15) is 13.2 Å². The van der Waals surface area contributed by atoms with Crippen LogP contribution in [0.4, 0.5) is 28.0 Å². The van der Waals surface area contributed by atoms with Gasteiger partial charge in [0, 0.05) is 4.47 Å². The van der Waals surface area contributed by atoms with Crippen LogP contribution in [0.3, 0.4) is 0 Å². The van der Waals surface area contributed by atoms with Crippen molar-refractivity contribution in [2.45, 2.75) is 12.8 Å². The average Bonchev–Trinajstić information content (AvgIpc) is 3.20. The number of thioether (sulfide) groups is 1. The van der Waals surface area contributed by atoms with Crippen LogP contribution in [0.1, 0.15) is 16.7 Å². The number of rotatable bonds is 9. The first-order valence-electron chi connectivity index (χ1n) is 11.9. The zero-order chi connectivity index (χ0) is 30.6. The lowest BCUT2D eigenvalue weighted by Crippen LogP contribution is -2.36. The molecule has 0 unspecified atom stereocenters. The van der Waals surface area contributed by atoms with E-state index in [4.69, 9.17) is 14.2 Å². The number of hydrogen-bond donors (Lipinski definition) is 1. The highest BCUT2D eigenvalue weighted by atomic mass is 79.9. The molecule has 0 atom stereocenters. The SMILES string of the molecule is COc1ccc(C(F)(F)F)cc1NC(=O)CN1C(=O)S/C(=C\c2cc(OC)c(OCc3ccc(F)cc3)cc2Br)C1=O. The molecule has 0 aliphatic carbocycles. The summed E-state index contributed by atoms with van der Waals surface area (Å²) >= 11 is 4.00. The number of carbonyl (C=O) groups is 3. The zero-order valence-electron chi connectivity index (χ0n) is 21.9. The number of ether oxygens (including phenoxy) is 3. The van der Waals surface area contributed by atoms with Crippen LogP contribution in [0.5, 0.6) is 17.2 Å². The number of halogens is 5.